The summed E-state index contributed by atoms with van der Waals surface area (Å²) < 4.78 is 5.07. The van der Waals surface area contributed by atoms with Gasteiger partial charge in [-0.2, -0.15) is 0 Å². The number of esters is 1. The van der Waals surface area contributed by atoms with E-state index in [0.717, 1.165) is 0 Å². The topological polar surface area (TPSA) is 107 Å². The van der Waals surface area contributed by atoms with E-state index in [-0.39, 0.29) is 10.5 Å². The third kappa shape index (κ3) is 2.61. The Labute approximate surface area is 142 Å². The minimum Gasteiger partial charge on any atom is -0.508 e. The predicted octanol–water partition coefficient (Wildman–Crippen LogP) is 2.14. The average Bonchev–Trinajstić information content (AvgIpc) is 2.53. The number of nitrogens with one attached hydrogen (secondary N) is 3. The van der Waals surface area contributed by atoms with Crippen molar-refractivity contribution in [1.29, 1.82) is 0 Å². The fourth-order valence-electron chi connectivity index (χ4n) is 2.87. The first-order valence-electron chi connectivity index (χ1n) is 7.14. The number of fused-ring (bicyclic) bond motifs is 1. The van der Waals surface area contributed by atoms with Gasteiger partial charge in [0.2, 0.25) is 0 Å². The highest BCUT2D eigenvalue weighted by Gasteiger charge is 2.35. The summed E-state index contributed by atoms with van der Waals surface area (Å²) in [4.78, 5) is 30.2. The first kappa shape index (κ1) is 16.0. The van der Waals surface area contributed by atoms with Crippen molar-refractivity contribution in [3.8, 4) is 5.75 Å². The number of methoxy groups -OCH3 is 1. The number of phenols is 1. The maximum absolute atomic E-state index is 12.5. The van der Waals surface area contributed by atoms with Crippen molar-refractivity contribution < 1.29 is 14.6 Å². The van der Waals surface area contributed by atoms with Crippen molar-refractivity contribution in [3.05, 3.63) is 61.8 Å². The number of anilines is 1. The fraction of sp³-hybridized carbons (Fsp3) is 0.188. The number of carbonyl (C=O) groups excluding carboxylic acids is 1. The van der Waals surface area contributed by atoms with E-state index in [0.29, 0.717) is 28.2 Å². The van der Waals surface area contributed by atoms with Crippen LogP contribution in [0.15, 0.2) is 40.3 Å². The maximum Gasteiger partial charge on any atom is 0.336 e. The Morgan fingerprint density at radius 1 is 1.25 bits per heavy atom. The molecule has 2 aromatic rings. The molecular formula is C16H15N3O4S. The van der Waals surface area contributed by atoms with Crippen LogP contribution in [-0.2, 0) is 9.53 Å². The van der Waals surface area contributed by atoms with Crippen LogP contribution in [0.25, 0.3) is 0 Å². The highest BCUT2D eigenvalue weighted by molar-refractivity contribution is 7.71. The van der Waals surface area contributed by atoms with Crippen molar-refractivity contribution in [2.75, 3.05) is 12.4 Å². The third-order valence-electron chi connectivity index (χ3n) is 3.91. The monoisotopic (exact) mass is 345 g/mol. The molecule has 7 nitrogen and oxygen atoms in total. The average molecular weight is 345 g/mol. The van der Waals surface area contributed by atoms with E-state index in [1.54, 1.807) is 19.1 Å². The zero-order chi connectivity index (χ0) is 17.4. The second-order valence-electron chi connectivity index (χ2n) is 5.38. The summed E-state index contributed by atoms with van der Waals surface area (Å²) in [5.74, 6) is -0.656. The Hall–Kier alpha value is -2.87. The van der Waals surface area contributed by atoms with Crippen LogP contribution in [0, 0.1) is 4.77 Å². The summed E-state index contributed by atoms with van der Waals surface area (Å²) in [5, 5.41) is 12.5. The number of aromatic hydroxyl groups is 1. The lowest BCUT2D eigenvalue weighted by molar-refractivity contribution is -0.136. The molecule has 0 radical (unpaired) electrons. The molecule has 0 saturated carbocycles. The van der Waals surface area contributed by atoms with E-state index in [1.165, 1.54) is 19.2 Å². The van der Waals surface area contributed by atoms with Gasteiger partial charge in [-0.3, -0.25) is 9.78 Å². The molecule has 0 spiro atoms. The molecule has 8 heteroatoms. The van der Waals surface area contributed by atoms with E-state index >= 15 is 0 Å². The van der Waals surface area contributed by atoms with Gasteiger partial charge < -0.3 is 20.1 Å². The van der Waals surface area contributed by atoms with Crippen molar-refractivity contribution in [1.82, 2.24) is 9.97 Å². The number of rotatable bonds is 2. The standard InChI is InChI=1S/C16H15N3O4S/c1-7-10(15(22)23-2)11(8-3-5-9(20)6-4-8)12-13(17-7)18-16(24)19-14(12)21/h3-6,11,20H,1-2H3,(H3,17,18,19,21,24)/t11-/m0/s1. The summed E-state index contributed by atoms with van der Waals surface area (Å²) in [6.45, 7) is 1.72. The van der Waals surface area contributed by atoms with Gasteiger partial charge in [0.25, 0.3) is 5.56 Å². The van der Waals surface area contributed by atoms with Crippen LogP contribution in [0.4, 0.5) is 5.82 Å². The van der Waals surface area contributed by atoms with Gasteiger partial charge >= 0.3 is 5.97 Å². The second-order valence-corrected chi connectivity index (χ2v) is 5.78. The second kappa shape index (κ2) is 5.97. The summed E-state index contributed by atoms with van der Waals surface area (Å²) in [6.07, 6.45) is 0. The number of phenolic OH excluding ortho intramolecular Hbond substituents is 1. The minimum atomic E-state index is -0.648. The van der Waals surface area contributed by atoms with Crippen molar-refractivity contribution in [3.63, 3.8) is 0 Å². The van der Waals surface area contributed by atoms with Crippen molar-refractivity contribution >= 4 is 24.0 Å². The van der Waals surface area contributed by atoms with Gasteiger partial charge in [0.1, 0.15) is 11.6 Å². The minimum absolute atomic E-state index is 0.0922. The van der Waals surface area contributed by atoms with Gasteiger partial charge in [0.05, 0.1) is 24.2 Å². The number of benzene rings is 1. The number of hydrogen-bond acceptors (Lipinski definition) is 6. The van der Waals surface area contributed by atoms with Crippen LogP contribution in [0.3, 0.4) is 0 Å². The molecule has 0 fully saturated rings. The van der Waals surface area contributed by atoms with Crippen LogP contribution < -0.4 is 10.9 Å². The molecular weight excluding hydrogens is 330 g/mol. The summed E-state index contributed by atoms with van der Waals surface area (Å²) >= 11 is 5.01. The molecule has 124 valence electrons. The molecule has 1 aromatic heterocycles. The lowest BCUT2D eigenvalue weighted by Crippen LogP contribution is -2.30. The third-order valence-corrected chi connectivity index (χ3v) is 4.11. The number of aromatic nitrogens is 2. The van der Waals surface area contributed by atoms with Crippen LogP contribution in [0.2, 0.25) is 0 Å². The van der Waals surface area contributed by atoms with E-state index in [9.17, 15) is 14.7 Å². The Kier molecular flexibility index (Phi) is 3.98. The van der Waals surface area contributed by atoms with Gasteiger partial charge in [0, 0.05) is 5.70 Å². The largest absolute Gasteiger partial charge is 0.508 e. The Morgan fingerprint density at radius 2 is 1.92 bits per heavy atom. The number of hydrogen-bond donors (Lipinski definition) is 4. The van der Waals surface area contributed by atoms with Crippen molar-refractivity contribution in [2.45, 2.75) is 12.8 Å². The van der Waals surface area contributed by atoms with Crippen LogP contribution in [0.5, 0.6) is 5.75 Å². The number of ether oxygens (including phenoxy) is 1. The summed E-state index contributed by atoms with van der Waals surface area (Å²) in [7, 11) is 1.29. The van der Waals surface area contributed by atoms with E-state index in [4.69, 9.17) is 17.0 Å². The SMILES string of the molecule is COC(=O)C1=C(C)Nc2[nH]c(=S)[nH]c(=O)c2[C@H]1c1ccc(O)cc1. The molecule has 0 bridgehead atoms. The van der Waals surface area contributed by atoms with Gasteiger partial charge in [0.15, 0.2) is 4.77 Å². The highest BCUT2D eigenvalue weighted by Crippen LogP contribution is 2.39. The molecule has 2 heterocycles. The smallest absolute Gasteiger partial charge is 0.336 e. The quantitative estimate of drug-likeness (QED) is 0.491. The molecule has 1 aliphatic rings. The zero-order valence-electron chi connectivity index (χ0n) is 13.0. The van der Waals surface area contributed by atoms with E-state index in [1.807, 2.05) is 0 Å². The van der Waals surface area contributed by atoms with Crippen LogP contribution in [0.1, 0.15) is 24.0 Å². The first-order chi connectivity index (χ1) is 11.4. The molecule has 3 rings (SSSR count). The predicted molar refractivity (Wildman–Crippen MR) is 90.5 cm³/mol. The molecule has 4 N–H and O–H groups in total. The number of allylic oxidation sites excluding steroid dienone is 1. The lowest BCUT2D eigenvalue weighted by atomic mass is 9.82. The maximum atomic E-state index is 12.5. The van der Waals surface area contributed by atoms with Gasteiger partial charge in [-0.25, -0.2) is 4.79 Å². The van der Waals surface area contributed by atoms with E-state index < -0.39 is 17.4 Å². The molecule has 0 aliphatic carbocycles. The Bertz CT molecular complexity index is 957. The summed E-state index contributed by atoms with van der Waals surface area (Å²) in [6, 6.07) is 6.32. The molecule has 1 aromatic carbocycles. The Morgan fingerprint density at radius 3 is 2.54 bits per heavy atom. The van der Waals surface area contributed by atoms with Gasteiger partial charge in [-0.15, -0.1) is 0 Å². The van der Waals surface area contributed by atoms with Crippen LogP contribution >= 0.6 is 12.2 Å². The lowest BCUT2D eigenvalue weighted by Gasteiger charge is -2.28. The van der Waals surface area contributed by atoms with Crippen LogP contribution in [-0.4, -0.2) is 28.2 Å². The molecule has 0 unspecified atom stereocenters. The number of aromatic amines is 2. The normalized spacial score (nSPS) is 16.3. The zero-order valence-corrected chi connectivity index (χ0v) is 13.8. The molecule has 0 amide bonds. The van der Waals surface area contributed by atoms with Gasteiger partial charge in [-0.05, 0) is 36.8 Å². The molecule has 1 atom stereocenters. The van der Waals surface area contributed by atoms with Gasteiger partial charge in [-0.1, -0.05) is 12.1 Å². The first-order valence-corrected chi connectivity index (χ1v) is 7.54. The van der Waals surface area contributed by atoms with Crippen molar-refractivity contribution in [2.24, 2.45) is 0 Å². The number of H-pyrrole nitrogens is 2. The molecule has 24 heavy (non-hydrogen) atoms. The molecule has 1 aliphatic heterocycles. The molecule has 0 saturated heterocycles. The Balaban J connectivity index is 2.31. The van der Waals surface area contributed by atoms with E-state index in [2.05, 4.69) is 15.3 Å². The fourth-order valence-corrected chi connectivity index (χ4v) is 3.06. The number of carbonyl (C=O) groups is 1. The highest BCUT2D eigenvalue weighted by atomic mass is 32.1. The summed E-state index contributed by atoms with van der Waals surface area (Å²) in [5.41, 5.74) is 1.50.